The monoisotopic (exact) mass is 385 g/mol. The van der Waals surface area contributed by atoms with E-state index in [1.54, 1.807) is 7.05 Å². The Morgan fingerprint density at radius 3 is 2.64 bits per heavy atom. The molecule has 6 heteroatoms. The number of hydrogen-bond donors (Lipinski definition) is 3. The zero-order valence-corrected chi connectivity index (χ0v) is 17.1. The molecule has 1 unspecified atom stereocenters. The maximum absolute atomic E-state index is 12.7. The number of anilines is 1. The molecule has 2 fully saturated rings. The zero-order chi connectivity index (χ0) is 19.6. The van der Waals surface area contributed by atoms with E-state index in [1.165, 1.54) is 19.3 Å². The van der Waals surface area contributed by atoms with Crippen LogP contribution in [0.4, 0.5) is 5.69 Å². The van der Waals surface area contributed by atoms with E-state index in [0.717, 1.165) is 63.5 Å². The summed E-state index contributed by atoms with van der Waals surface area (Å²) in [6, 6.07) is 10.5. The third-order valence-corrected chi connectivity index (χ3v) is 5.77. The second kappa shape index (κ2) is 10.9. The van der Waals surface area contributed by atoms with Crippen LogP contribution in [0.1, 0.15) is 44.9 Å². The van der Waals surface area contributed by atoms with E-state index in [1.807, 2.05) is 18.2 Å². The molecule has 1 atom stereocenters. The van der Waals surface area contributed by atoms with Crippen molar-refractivity contribution in [2.45, 2.75) is 51.0 Å². The quantitative estimate of drug-likeness (QED) is 0.384. The number of nitrogens with one attached hydrogen (secondary N) is 3. The number of rotatable bonds is 7. The molecule has 28 heavy (non-hydrogen) atoms. The van der Waals surface area contributed by atoms with Gasteiger partial charge in [-0.1, -0.05) is 37.5 Å². The summed E-state index contributed by atoms with van der Waals surface area (Å²) in [5.74, 6) is 1.47. The molecule has 154 valence electrons. The van der Waals surface area contributed by atoms with Crippen molar-refractivity contribution in [2.75, 3.05) is 38.5 Å². The summed E-state index contributed by atoms with van der Waals surface area (Å²) in [4.78, 5) is 19.1. The molecule has 6 nitrogen and oxygen atoms in total. The van der Waals surface area contributed by atoms with E-state index < -0.39 is 0 Å². The Balaban J connectivity index is 1.33. The molecule has 1 aliphatic carbocycles. The molecule has 3 rings (SSSR count). The van der Waals surface area contributed by atoms with E-state index in [9.17, 15) is 4.79 Å². The topological polar surface area (TPSA) is 68.8 Å². The fourth-order valence-electron chi connectivity index (χ4n) is 4.16. The highest BCUT2D eigenvalue weighted by Gasteiger charge is 2.31. The van der Waals surface area contributed by atoms with Gasteiger partial charge in [0.1, 0.15) is 0 Å². The van der Waals surface area contributed by atoms with Gasteiger partial charge in [-0.05, 0) is 37.8 Å². The van der Waals surface area contributed by atoms with Crippen molar-refractivity contribution >= 4 is 17.6 Å². The predicted octanol–water partition coefficient (Wildman–Crippen LogP) is 2.83. The van der Waals surface area contributed by atoms with E-state index in [2.05, 4.69) is 38.0 Å². The molecule has 0 aromatic heterocycles. The Morgan fingerprint density at radius 1 is 1.11 bits per heavy atom. The van der Waals surface area contributed by atoms with Crippen molar-refractivity contribution in [1.29, 1.82) is 0 Å². The Morgan fingerprint density at radius 2 is 1.89 bits per heavy atom. The van der Waals surface area contributed by atoms with Crippen molar-refractivity contribution in [3.05, 3.63) is 30.3 Å². The van der Waals surface area contributed by atoms with Crippen molar-refractivity contribution in [2.24, 2.45) is 10.9 Å². The number of hydrogen-bond acceptors (Lipinski definition) is 3. The van der Waals surface area contributed by atoms with Gasteiger partial charge < -0.3 is 20.9 Å². The van der Waals surface area contributed by atoms with Crippen LogP contribution in [0.15, 0.2) is 35.3 Å². The van der Waals surface area contributed by atoms with Gasteiger partial charge in [0.15, 0.2) is 5.96 Å². The predicted molar refractivity (Wildman–Crippen MR) is 116 cm³/mol. The number of nitrogens with zero attached hydrogens (tertiary/aromatic N) is 2. The number of benzene rings is 1. The lowest BCUT2D eigenvalue weighted by atomic mass is 9.88. The first-order valence-electron chi connectivity index (χ1n) is 10.8. The first-order chi connectivity index (χ1) is 13.8. The minimum absolute atomic E-state index is 0.266. The highest BCUT2D eigenvalue weighted by Crippen LogP contribution is 2.26. The highest BCUT2D eigenvalue weighted by molar-refractivity contribution is 5.81. The summed E-state index contributed by atoms with van der Waals surface area (Å²) < 4.78 is 0. The molecule has 1 amide bonds. The van der Waals surface area contributed by atoms with Crippen LogP contribution in [0.2, 0.25) is 0 Å². The maximum atomic E-state index is 12.7. The second-order valence-electron chi connectivity index (χ2n) is 7.89. The van der Waals surface area contributed by atoms with Gasteiger partial charge in [0.05, 0.1) is 0 Å². The Bertz CT molecular complexity index is 627. The number of para-hydroxylation sites is 1. The minimum atomic E-state index is 0.266. The Kier molecular flexibility index (Phi) is 8.00. The second-order valence-corrected chi connectivity index (χ2v) is 7.89. The largest absolute Gasteiger partial charge is 0.385 e. The van der Waals surface area contributed by atoms with Crippen LogP contribution in [0.3, 0.4) is 0 Å². The molecule has 1 aromatic carbocycles. The van der Waals surface area contributed by atoms with Crippen LogP contribution in [-0.2, 0) is 4.79 Å². The average Bonchev–Trinajstić information content (AvgIpc) is 3.22. The molecule has 2 aliphatic rings. The van der Waals surface area contributed by atoms with Gasteiger partial charge >= 0.3 is 0 Å². The molecule has 0 bridgehead atoms. The SMILES string of the molecule is CN=C(NCCCNc1ccccc1)NC1CCN(C(=O)C2CCCCC2)C1. The van der Waals surface area contributed by atoms with Gasteiger partial charge in [0.2, 0.25) is 5.91 Å². The zero-order valence-electron chi connectivity index (χ0n) is 17.1. The number of likely N-dealkylation sites (tertiary alicyclic amines) is 1. The third kappa shape index (κ3) is 6.14. The fourth-order valence-corrected chi connectivity index (χ4v) is 4.16. The normalized spacial score (nSPS) is 20.8. The summed E-state index contributed by atoms with van der Waals surface area (Å²) in [5.41, 5.74) is 1.15. The van der Waals surface area contributed by atoms with Gasteiger partial charge in [-0.25, -0.2) is 0 Å². The average molecular weight is 386 g/mol. The molecule has 1 heterocycles. The highest BCUT2D eigenvalue weighted by atomic mass is 16.2. The van der Waals surface area contributed by atoms with Crippen molar-refractivity contribution in [3.63, 3.8) is 0 Å². The van der Waals surface area contributed by atoms with E-state index in [4.69, 9.17) is 0 Å². The number of aliphatic imine (C=N–C) groups is 1. The van der Waals surface area contributed by atoms with Gasteiger partial charge in [-0.3, -0.25) is 9.79 Å². The third-order valence-electron chi connectivity index (χ3n) is 5.77. The van der Waals surface area contributed by atoms with Gasteiger partial charge in [-0.2, -0.15) is 0 Å². The van der Waals surface area contributed by atoms with E-state index >= 15 is 0 Å². The van der Waals surface area contributed by atoms with Crippen LogP contribution in [0, 0.1) is 5.92 Å². The van der Waals surface area contributed by atoms with E-state index in [-0.39, 0.29) is 5.92 Å². The lowest BCUT2D eigenvalue weighted by Crippen LogP contribution is -2.46. The lowest BCUT2D eigenvalue weighted by molar-refractivity contribution is -0.135. The molecule has 1 aromatic rings. The molecular weight excluding hydrogens is 350 g/mol. The molecule has 3 N–H and O–H groups in total. The van der Waals surface area contributed by atoms with Crippen molar-refractivity contribution in [1.82, 2.24) is 15.5 Å². The lowest BCUT2D eigenvalue weighted by Gasteiger charge is -2.26. The van der Waals surface area contributed by atoms with Crippen LogP contribution in [0.5, 0.6) is 0 Å². The number of guanidine groups is 1. The summed E-state index contributed by atoms with van der Waals surface area (Å²) in [5, 5.41) is 10.3. The van der Waals surface area contributed by atoms with E-state index in [0.29, 0.717) is 11.9 Å². The molecule has 1 saturated carbocycles. The van der Waals surface area contributed by atoms with Crippen LogP contribution in [0.25, 0.3) is 0 Å². The van der Waals surface area contributed by atoms with Crippen LogP contribution < -0.4 is 16.0 Å². The summed E-state index contributed by atoms with van der Waals surface area (Å²) in [6.45, 7) is 3.44. The number of carbonyl (C=O) groups excluding carboxylic acids is 1. The molecule has 1 aliphatic heterocycles. The molecule has 1 saturated heterocycles. The number of carbonyl (C=O) groups is 1. The summed E-state index contributed by atoms with van der Waals surface area (Å²) in [7, 11) is 1.80. The maximum Gasteiger partial charge on any atom is 0.225 e. The molecule has 0 spiro atoms. The minimum Gasteiger partial charge on any atom is -0.385 e. The summed E-state index contributed by atoms with van der Waals surface area (Å²) in [6.07, 6.45) is 7.86. The first-order valence-corrected chi connectivity index (χ1v) is 10.8. The first kappa shape index (κ1) is 20.5. The van der Waals surface area contributed by atoms with Crippen molar-refractivity contribution < 1.29 is 4.79 Å². The number of amides is 1. The molecule has 0 radical (unpaired) electrons. The van der Waals surface area contributed by atoms with Crippen LogP contribution in [-0.4, -0.2) is 56.0 Å². The fraction of sp³-hybridized carbons (Fsp3) is 0.636. The van der Waals surface area contributed by atoms with Gasteiger partial charge in [-0.15, -0.1) is 0 Å². The van der Waals surface area contributed by atoms with Crippen molar-refractivity contribution in [3.8, 4) is 0 Å². The van der Waals surface area contributed by atoms with Gasteiger partial charge in [0.25, 0.3) is 0 Å². The Labute approximate surface area is 169 Å². The standard InChI is InChI=1S/C22H35N5O/c1-23-22(25-15-8-14-24-19-11-6-3-7-12-19)26-20-13-16-27(17-20)21(28)18-9-4-2-5-10-18/h3,6-7,11-12,18,20,24H,2,4-5,8-10,13-17H2,1H3,(H2,23,25,26). The van der Waals surface area contributed by atoms with Crippen LogP contribution >= 0.6 is 0 Å². The molecular formula is C22H35N5O. The smallest absolute Gasteiger partial charge is 0.225 e. The Hall–Kier alpha value is -2.24. The summed E-state index contributed by atoms with van der Waals surface area (Å²) >= 11 is 0. The van der Waals surface area contributed by atoms with Gasteiger partial charge in [0, 0.05) is 50.9 Å².